The summed E-state index contributed by atoms with van der Waals surface area (Å²) in [6.07, 6.45) is -9.93. The molecule has 0 N–H and O–H groups in total. The Hall–Kier alpha value is -3.56. The number of likely N-dealkylation sites (N-methyl/N-ethyl adjacent to an activating group) is 1. The number of carbonyl (C=O) groups excluding carboxylic acids is 2. The van der Waals surface area contributed by atoms with Crippen molar-refractivity contribution in [3.8, 4) is 0 Å². The molecule has 0 fully saturated rings. The largest absolute Gasteiger partial charge is 0.466 e. The van der Waals surface area contributed by atoms with E-state index in [-0.39, 0.29) is 31.9 Å². The minimum Gasteiger partial charge on any atom is -0.466 e. The summed E-state index contributed by atoms with van der Waals surface area (Å²) < 4.78 is 84.8. The standard InChI is InChI=1S/C27H25F6NO3/c1-3-37-24(35)11-10-23(13-17-8-9-18-6-4-5-7-19(18)12-17)34(2)25(36)20-14-21(26(28,29)30)16-22(15-20)27(31,32)33/h4-9,12,14-16,23H,3,10-11,13H2,1-2H3. The Balaban J connectivity index is 1.95. The molecule has 0 aliphatic heterocycles. The van der Waals surface area contributed by atoms with E-state index in [0.717, 1.165) is 21.2 Å². The Morgan fingerprint density at radius 1 is 0.865 bits per heavy atom. The lowest BCUT2D eigenvalue weighted by Crippen LogP contribution is -2.39. The quantitative estimate of drug-likeness (QED) is 0.237. The lowest BCUT2D eigenvalue weighted by Gasteiger charge is -2.29. The van der Waals surface area contributed by atoms with E-state index in [2.05, 4.69) is 0 Å². The summed E-state index contributed by atoms with van der Waals surface area (Å²) in [5.74, 6) is -1.54. The van der Waals surface area contributed by atoms with E-state index < -0.39 is 47.0 Å². The molecule has 3 aromatic carbocycles. The molecule has 0 spiro atoms. The van der Waals surface area contributed by atoms with Gasteiger partial charge in [0.05, 0.1) is 17.7 Å². The highest BCUT2D eigenvalue weighted by molar-refractivity contribution is 5.95. The molecule has 0 aromatic heterocycles. The predicted molar refractivity (Wildman–Crippen MR) is 126 cm³/mol. The molecule has 4 nitrogen and oxygen atoms in total. The molecule has 0 aliphatic carbocycles. The molecule has 1 atom stereocenters. The molecule has 1 unspecified atom stereocenters. The first-order chi connectivity index (χ1) is 17.3. The number of ether oxygens (including phenoxy) is 1. The summed E-state index contributed by atoms with van der Waals surface area (Å²) >= 11 is 0. The number of benzene rings is 3. The zero-order chi connectivity index (χ0) is 27.4. The van der Waals surface area contributed by atoms with E-state index in [1.807, 2.05) is 42.5 Å². The number of carbonyl (C=O) groups is 2. The molecule has 37 heavy (non-hydrogen) atoms. The minimum atomic E-state index is -5.08. The first kappa shape index (κ1) is 28.0. The van der Waals surface area contributed by atoms with E-state index in [0.29, 0.717) is 12.1 Å². The number of amides is 1. The van der Waals surface area contributed by atoms with Gasteiger partial charge in [-0.25, -0.2) is 0 Å². The Kier molecular flexibility index (Phi) is 8.50. The fourth-order valence-corrected chi connectivity index (χ4v) is 4.04. The van der Waals surface area contributed by atoms with Crippen LogP contribution in [-0.2, 0) is 28.3 Å². The summed E-state index contributed by atoms with van der Waals surface area (Å²) in [5.41, 5.74) is -3.11. The van der Waals surface area contributed by atoms with Crippen LogP contribution in [0.4, 0.5) is 26.3 Å². The van der Waals surface area contributed by atoms with Crippen LogP contribution in [0.2, 0.25) is 0 Å². The van der Waals surface area contributed by atoms with Gasteiger partial charge in [-0.15, -0.1) is 0 Å². The van der Waals surface area contributed by atoms with Gasteiger partial charge in [0.25, 0.3) is 5.91 Å². The molecule has 0 radical (unpaired) electrons. The second kappa shape index (κ2) is 11.2. The predicted octanol–water partition coefficient (Wildman–Crippen LogP) is 6.90. The molecule has 1 amide bonds. The Morgan fingerprint density at radius 3 is 2.03 bits per heavy atom. The van der Waals surface area contributed by atoms with Crippen LogP contribution in [0, 0.1) is 0 Å². The highest BCUT2D eigenvalue weighted by Gasteiger charge is 2.38. The van der Waals surface area contributed by atoms with Crippen molar-refractivity contribution in [2.45, 2.75) is 44.6 Å². The second-order valence-electron chi connectivity index (χ2n) is 8.59. The van der Waals surface area contributed by atoms with Crippen LogP contribution in [0.5, 0.6) is 0 Å². The fourth-order valence-electron chi connectivity index (χ4n) is 4.04. The van der Waals surface area contributed by atoms with Crippen molar-refractivity contribution in [2.24, 2.45) is 0 Å². The Bertz CT molecular complexity index is 1240. The number of nitrogens with zero attached hydrogens (tertiary/aromatic N) is 1. The SMILES string of the molecule is CCOC(=O)CCC(Cc1ccc2ccccc2c1)N(C)C(=O)c1cc(C(F)(F)F)cc(C(F)(F)F)c1. The summed E-state index contributed by atoms with van der Waals surface area (Å²) in [6.45, 7) is 1.78. The van der Waals surface area contributed by atoms with Crippen molar-refractivity contribution in [3.63, 3.8) is 0 Å². The van der Waals surface area contributed by atoms with E-state index in [1.54, 1.807) is 6.92 Å². The van der Waals surface area contributed by atoms with Crippen LogP contribution in [0.3, 0.4) is 0 Å². The van der Waals surface area contributed by atoms with Crippen LogP contribution in [0.25, 0.3) is 10.8 Å². The third-order valence-electron chi connectivity index (χ3n) is 5.97. The molecule has 3 aromatic rings. The molecule has 0 saturated carbocycles. The molecule has 0 heterocycles. The van der Waals surface area contributed by atoms with Gasteiger partial charge in [-0.2, -0.15) is 26.3 Å². The third-order valence-corrected chi connectivity index (χ3v) is 5.97. The number of fused-ring (bicyclic) bond motifs is 1. The van der Waals surface area contributed by atoms with Crippen LogP contribution in [-0.4, -0.2) is 36.5 Å². The van der Waals surface area contributed by atoms with Crippen molar-refractivity contribution in [1.82, 2.24) is 4.90 Å². The Morgan fingerprint density at radius 2 is 1.46 bits per heavy atom. The number of halogens is 6. The number of hydrogen-bond acceptors (Lipinski definition) is 3. The van der Waals surface area contributed by atoms with Gasteiger partial charge in [0.1, 0.15) is 0 Å². The van der Waals surface area contributed by atoms with Gasteiger partial charge in [-0.3, -0.25) is 9.59 Å². The highest BCUT2D eigenvalue weighted by atomic mass is 19.4. The van der Waals surface area contributed by atoms with Crippen LogP contribution < -0.4 is 0 Å². The van der Waals surface area contributed by atoms with Gasteiger partial charge in [0, 0.05) is 25.1 Å². The molecular formula is C27H25F6NO3. The summed E-state index contributed by atoms with van der Waals surface area (Å²) in [6, 6.07) is 13.2. The van der Waals surface area contributed by atoms with Crippen molar-refractivity contribution in [3.05, 3.63) is 82.9 Å². The maximum atomic E-state index is 13.3. The van der Waals surface area contributed by atoms with Gasteiger partial charge in [0.2, 0.25) is 0 Å². The average molecular weight is 525 g/mol. The number of esters is 1. The first-order valence-electron chi connectivity index (χ1n) is 11.5. The smallest absolute Gasteiger partial charge is 0.416 e. The lowest BCUT2D eigenvalue weighted by atomic mass is 9.97. The second-order valence-corrected chi connectivity index (χ2v) is 8.59. The molecule has 0 bridgehead atoms. The van der Waals surface area contributed by atoms with Gasteiger partial charge in [-0.05, 0) is 54.3 Å². The zero-order valence-electron chi connectivity index (χ0n) is 20.1. The van der Waals surface area contributed by atoms with Gasteiger partial charge in [-0.1, -0.05) is 42.5 Å². The zero-order valence-corrected chi connectivity index (χ0v) is 20.1. The number of rotatable bonds is 8. The summed E-state index contributed by atoms with van der Waals surface area (Å²) in [4.78, 5) is 26.3. The minimum absolute atomic E-state index is 0.0237. The van der Waals surface area contributed by atoms with Crippen molar-refractivity contribution in [2.75, 3.05) is 13.7 Å². The molecule has 10 heteroatoms. The van der Waals surface area contributed by atoms with Crippen molar-refractivity contribution < 1.29 is 40.7 Å². The molecule has 0 aliphatic rings. The van der Waals surface area contributed by atoms with E-state index in [9.17, 15) is 35.9 Å². The van der Waals surface area contributed by atoms with Crippen molar-refractivity contribution in [1.29, 1.82) is 0 Å². The number of alkyl halides is 6. The third kappa shape index (κ3) is 7.24. The van der Waals surface area contributed by atoms with Gasteiger partial charge >= 0.3 is 18.3 Å². The Labute approximate surface area is 209 Å². The summed E-state index contributed by atoms with van der Waals surface area (Å²) in [5, 5.41) is 1.90. The monoisotopic (exact) mass is 525 g/mol. The average Bonchev–Trinajstić information content (AvgIpc) is 2.84. The highest BCUT2D eigenvalue weighted by Crippen LogP contribution is 2.36. The normalized spacial score (nSPS) is 12.9. The summed E-state index contributed by atoms with van der Waals surface area (Å²) in [7, 11) is 1.30. The van der Waals surface area contributed by atoms with Crippen molar-refractivity contribution >= 4 is 22.6 Å². The van der Waals surface area contributed by atoms with E-state index >= 15 is 0 Å². The van der Waals surface area contributed by atoms with Crippen LogP contribution in [0.15, 0.2) is 60.7 Å². The van der Waals surface area contributed by atoms with Crippen LogP contribution in [0.1, 0.15) is 46.8 Å². The first-order valence-corrected chi connectivity index (χ1v) is 11.5. The molecule has 198 valence electrons. The molecular weight excluding hydrogens is 500 g/mol. The van der Waals surface area contributed by atoms with E-state index in [1.165, 1.54) is 7.05 Å². The molecule has 3 rings (SSSR count). The topological polar surface area (TPSA) is 46.6 Å². The lowest BCUT2D eigenvalue weighted by molar-refractivity contribution is -0.144. The fraction of sp³-hybridized carbons (Fsp3) is 0.333. The van der Waals surface area contributed by atoms with Gasteiger partial charge in [0.15, 0.2) is 0 Å². The number of hydrogen-bond donors (Lipinski definition) is 0. The maximum absolute atomic E-state index is 13.3. The maximum Gasteiger partial charge on any atom is 0.416 e. The molecule has 0 saturated heterocycles. The van der Waals surface area contributed by atoms with Gasteiger partial charge < -0.3 is 9.64 Å². The van der Waals surface area contributed by atoms with E-state index in [4.69, 9.17) is 4.74 Å². The van der Waals surface area contributed by atoms with Crippen LogP contribution >= 0.6 is 0 Å².